The highest BCUT2D eigenvalue weighted by atomic mass is 32.1. The summed E-state index contributed by atoms with van der Waals surface area (Å²) in [6, 6.07) is 2.11. The van der Waals surface area contributed by atoms with E-state index in [0.29, 0.717) is 6.54 Å². The van der Waals surface area contributed by atoms with Crippen LogP contribution in [0, 0.1) is 0 Å². The molecule has 1 aromatic rings. The van der Waals surface area contributed by atoms with Gasteiger partial charge in [0.1, 0.15) is 0 Å². The lowest BCUT2D eigenvalue weighted by Gasteiger charge is -2.36. The maximum atomic E-state index is 12.6. The third-order valence-corrected chi connectivity index (χ3v) is 5.64. The molecule has 1 aromatic heterocycles. The third kappa shape index (κ3) is 2.91. The van der Waals surface area contributed by atoms with Crippen molar-refractivity contribution in [1.29, 1.82) is 0 Å². The van der Waals surface area contributed by atoms with Gasteiger partial charge >= 0.3 is 0 Å². The Balaban J connectivity index is 1.77. The molecule has 1 aliphatic carbocycles. The van der Waals surface area contributed by atoms with Crippen LogP contribution in [-0.2, 0) is 12.8 Å². The molecule has 20 heavy (non-hydrogen) atoms. The molecular formula is C16H23NO2S. The third-order valence-electron chi connectivity index (χ3n) is 4.42. The van der Waals surface area contributed by atoms with Crippen molar-refractivity contribution in [3.8, 4) is 0 Å². The molecule has 3 nitrogen and oxygen atoms in total. The fourth-order valence-corrected chi connectivity index (χ4v) is 4.54. The number of amides is 1. The van der Waals surface area contributed by atoms with Crippen molar-refractivity contribution in [3.63, 3.8) is 0 Å². The van der Waals surface area contributed by atoms with E-state index < -0.39 is 5.60 Å². The minimum atomic E-state index is -0.720. The van der Waals surface area contributed by atoms with Gasteiger partial charge in [0.25, 0.3) is 5.91 Å². The Morgan fingerprint density at radius 3 is 2.90 bits per heavy atom. The van der Waals surface area contributed by atoms with Gasteiger partial charge in [-0.3, -0.25) is 4.79 Å². The van der Waals surface area contributed by atoms with Crippen molar-refractivity contribution < 1.29 is 9.90 Å². The average molecular weight is 293 g/mol. The van der Waals surface area contributed by atoms with Crippen molar-refractivity contribution in [2.24, 2.45) is 0 Å². The highest BCUT2D eigenvalue weighted by Gasteiger charge is 2.32. The van der Waals surface area contributed by atoms with Crippen molar-refractivity contribution in [3.05, 3.63) is 21.4 Å². The molecular weight excluding hydrogens is 270 g/mol. The summed E-state index contributed by atoms with van der Waals surface area (Å²) in [5.74, 6) is 0.114. The normalized spacial score (nSPS) is 27.0. The van der Waals surface area contributed by atoms with Crippen molar-refractivity contribution >= 4 is 17.2 Å². The summed E-state index contributed by atoms with van der Waals surface area (Å²) in [4.78, 5) is 16.7. The quantitative estimate of drug-likeness (QED) is 0.809. The molecule has 0 spiro atoms. The van der Waals surface area contributed by atoms with Gasteiger partial charge in [-0.25, -0.2) is 0 Å². The summed E-state index contributed by atoms with van der Waals surface area (Å²) in [5, 5.41) is 10.1. The summed E-state index contributed by atoms with van der Waals surface area (Å²) in [6.07, 6.45) is 7.73. The second-order valence-electron chi connectivity index (χ2n) is 6.45. The Hall–Kier alpha value is -0.870. The zero-order chi connectivity index (χ0) is 14.2. The Bertz CT molecular complexity index is 483. The molecule has 4 heteroatoms. The van der Waals surface area contributed by atoms with E-state index in [4.69, 9.17) is 0 Å². The highest BCUT2D eigenvalue weighted by molar-refractivity contribution is 7.14. The van der Waals surface area contributed by atoms with Crippen LogP contribution in [0.25, 0.3) is 0 Å². The predicted octanol–water partition coefficient (Wildman–Crippen LogP) is 3.00. The Kier molecular flexibility index (Phi) is 3.87. The number of rotatable bonds is 1. The average Bonchev–Trinajstić information content (AvgIpc) is 2.68. The predicted molar refractivity (Wildman–Crippen MR) is 81.3 cm³/mol. The number of carbonyl (C=O) groups excluding carboxylic acids is 1. The summed E-state index contributed by atoms with van der Waals surface area (Å²) >= 11 is 1.68. The molecule has 1 unspecified atom stereocenters. The highest BCUT2D eigenvalue weighted by Crippen LogP contribution is 2.31. The Morgan fingerprint density at radius 2 is 2.10 bits per heavy atom. The molecule has 1 saturated heterocycles. The molecule has 1 fully saturated rings. The van der Waals surface area contributed by atoms with E-state index in [-0.39, 0.29) is 5.91 Å². The van der Waals surface area contributed by atoms with Gasteiger partial charge in [0.15, 0.2) is 0 Å². The molecule has 0 saturated carbocycles. The van der Waals surface area contributed by atoms with Gasteiger partial charge in [0, 0.05) is 18.0 Å². The first kappa shape index (κ1) is 14.1. The van der Waals surface area contributed by atoms with Crippen LogP contribution in [-0.4, -0.2) is 34.6 Å². The topological polar surface area (TPSA) is 40.5 Å². The van der Waals surface area contributed by atoms with Crippen LogP contribution in [0.1, 0.15) is 59.1 Å². The van der Waals surface area contributed by atoms with E-state index in [1.54, 1.807) is 11.3 Å². The van der Waals surface area contributed by atoms with Gasteiger partial charge in [0.05, 0.1) is 10.5 Å². The van der Waals surface area contributed by atoms with Gasteiger partial charge < -0.3 is 10.0 Å². The van der Waals surface area contributed by atoms with Gasteiger partial charge in [-0.2, -0.15) is 0 Å². The first-order valence-corrected chi connectivity index (χ1v) is 8.50. The first-order chi connectivity index (χ1) is 9.55. The van der Waals surface area contributed by atoms with Crippen LogP contribution in [0.2, 0.25) is 0 Å². The number of β-amino-alcohol motifs (C(OH)–C–C–N with tert-alkyl or cyclic N) is 1. The number of nitrogens with zero attached hydrogens (tertiary/aromatic N) is 1. The lowest BCUT2D eigenvalue weighted by atomic mass is 9.95. The molecule has 110 valence electrons. The lowest BCUT2D eigenvalue weighted by molar-refractivity contribution is -0.0105. The van der Waals surface area contributed by atoms with E-state index in [9.17, 15) is 9.90 Å². The number of aliphatic hydroxyl groups is 1. The zero-order valence-electron chi connectivity index (χ0n) is 12.2. The number of piperidine rings is 1. The van der Waals surface area contributed by atoms with E-state index in [1.165, 1.54) is 29.7 Å². The number of aryl methyl sites for hydroxylation is 2. The summed E-state index contributed by atoms with van der Waals surface area (Å²) in [7, 11) is 0. The minimum absolute atomic E-state index is 0.114. The summed E-state index contributed by atoms with van der Waals surface area (Å²) in [5.41, 5.74) is 0.669. The van der Waals surface area contributed by atoms with E-state index in [1.807, 2.05) is 11.8 Å². The molecule has 0 bridgehead atoms. The van der Waals surface area contributed by atoms with Crippen LogP contribution >= 0.6 is 11.3 Å². The van der Waals surface area contributed by atoms with Gasteiger partial charge in [-0.15, -0.1) is 11.3 Å². The number of hydrogen-bond acceptors (Lipinski definition) is 3. The fraction of sp³-hybridized carbons (Fsp3) is 0.688. The van der Waals surface area contributed by atoms with Crippen LogP contribution < -0.4 is 0 Å². The number of carbonyl (C=O) groups is 1. The molecule has 1 aliphatic heterocycles. The van der Waals surface area contributed by atoms with Gasteiger partial charge in [-0.05, 0) is 57.1 Å². The molecule has 1 N–H and O–H groups in total. The molecule has 3 rings (SSSR count). The SMILES string of the molecule is CC1(O)CCCN(C(=O)c2cc3c(s2)CCCCC3)C1. The fourth-order valence-electron chi connectivity index (χ4n) is 3.32. The smallest absolute Gasteiger partial charge is 0.264 e. The van der Waals surface area contributed by atoms with Crippen LogP contribution in [0.15, 0.2) is 6.07 Å². The second kappa shape index (κ2) is 5.49. The van der Waals surface area contributed by atoms with E-state index in [2.05, 4.69) is 6.07 Å². The second-order valence-corrected chi connectivity index (χ2v) is 7.58. The van der Waals surface area contributed by atoms with Crippen LogP contribution in [0.3, 0.4) is 0 Å². The van der Waals surface area contributed by atoms with E-state index in [0.717, 1.165) is 37.1 Å². The molecule has 1 atom stereocenters. The molecule has 0 aromatic carbocycles. The number of thiophene rings is 1. The molecule has 1 amide bonds. The molecule has 2 heterocycles. The number of fused-ring (bicyclic) bond motifs is 1. The maximum Gasteiger partial charge on any atom is 0.264 e. The van der Waals surface area contributed by atoms with Crippen LogP contribution in [0.5, 0.6) is 0 Å². The number of hydrogen-bond donors (Lipinski definition) is 1. The first-order valence-electron chi connectivity index (χ1n) is 7.68. The standard InChI is InChI=1S/C16H23NO2S/c1-16(19)8-5-9-17(11-16)15(18)14-10-12-6-3-2-4-7-13(12)20-14/h10,19H,2-9,11H2,1H3. The van der Waals surface area contributed by atoms with Crippen molar-refractivity contribution in [2.45, 2.75) is 57.5 Å². The zero-order valence-corrected chi connectivity index (χ0v) is 13.0. The van der Waals surface area contributed by atoms with Crippen molar-refractivity contribution in [1.82, 2.24) is 4.90 Å². The molecule has 2 aliphatic rings. The van der Waals surface area contributed by atoms with Crippen molar-refractivity contribution in [2.75, 3.05) is 13.1 Å². The Labute approximate surface area is 124 Å². The van der Waals surface area contributed by atoms with Gasteiger partial charge in [0.2, 0.25) is 0 Å². The minimum Gasteiger partial charge on any atom is -0.388 e. The molecule has 0 radical (unpaired) electrons. The van der Waals surface area contributed by atoms with Crippen LogP contribution in [0.4, 0.5) is 0 Å². The largest absolute Gasteiger partial charge is 0.388 e. The monoisotopic (exact) mass is 293 g/mol. The summed E-state index contributed by atoms with van der Waals surface area (Å²) in [6.45, 7) is 3.07. The number of likely N-dealkylation sites (tertiary alicyclic amines) is 1. The van der Waals surface area contributed by atoms with Gasteiger partial charge in [-0.1, -0.05) is 6.42 Å². The lowest BCUT2D eigenvalue weighted by Crippen LogP contribution is -2.48. The Morgan fingerprint density at radius 1 is 1.30 bits per heavy atom. The maximum absolute atomic E-state index is 12.6. The van der Waals surface area contributed by atoms with E-state index >= 15 is 0 Å². The summed E-state index contributed by atoms with van der Waals surface area (Å²) < 4.78 is 0.